The fourth-order valence-electron chi connectivity index (χ4n) is 3.27. The van der Waals surface area contributed by atoms with Crippen molar-refractivity contribution in [1.29, 1.82) is 0 Å². The summed E-state index contributed by atoms with van der Waals surface area (Å²) in [6.45, 7) is 6.13. The minimum atomic E-state index is -0.609. The van der Waals surface area contributed by atoms with E-state index >= 15 is 0 Å². The molecule has 0 bridgehead atoms. The number of nitrogens with zero attached hydrogens (tertiary/aromatic N) is 2. The lowest BCUT2D eigenvalue weighted by molar-refractivity contribution is -0.118. The van der Waals surface area contributed by atoms with Gasteiger partial charge in [-0.15, -0.1) is 0 Å². The number of carbonyl (C=O) groups excluding carboxylic acids is 2. The molecular weight excluding hydrogens is 318 g/mol. The number of nitrogens with one attached hydrogen (secondary N) is 1. The Hall–Kier alpha value is -2.47. The Morgan fingerprint density at radius 2 is 2.00 bits per heavy atom. The number of benzene rings is 1. The van der Waals surface area contributed by atoms with Crippen LogP contribution in [0.4, 0.5) is 0 Å². The summed E-state index contributed by atoms with van der Waals surface area (Å²) in [7, 11) is 0. The van der Waals surface area contributed by atoms with Crippen LogP contribution >= 0.6 is 0 Å². The maximum absolute atomic E-state index is 12.7. The van der Waals surface area contributed by atoms with Crippen molar-refractivity contribution in [3.8, 4) is 5.69 Å². The van der Waals surface area contributed by atoms with Crippen molar-refractivity contribution < 1.29 is 14.3 Å². The Morgan fingerprint density at radius 1 is 1.28 bits per heavy atom. The zero-order valence-corrected chi connectivity index (χ0v) is 14.8. The van der Waals surface area contributed by atoms with Gasteiger partial charge in [-0.05, 0) is 45.7 Å². The lowest BCUT2D eigenvalue weighted by Gasteiger charge is -2.19. The van der Waals surface area contributed by atoms with Crippen LogP contribution in [0.1, 0.15) is 41.5 Å². The van der Waals surface area contributed by atoms with Crippen LogP contribution in [0, 0.1) is 13.8 Å². The van der Waals surface area contributed by atoms with E-state index in [2.05, 4.69) is 10.4 Å². The molecule has 0 radical (unpaired) electrons. The first kappa shape index (κ1) is 17.4. The molecule has 1 aliphatic rings. The summed E-state index contributed by atoms with van der Waals surface area (Å²) in [6, 6.07) is 9.36. The third-order valence-corrected chi connectivity index (χ3v) is 4.61. The second-order valence-corrected chi connectivity index (χ2v) is 6.44. The van der Waals surface area contributed by atoms with Crippen molar-refractivity contribution in [2.45, 2.75) is 45.8 Å². The third kappa shape index (κ3) is 3.49. The molecule has 6 heteroatoms. The molecule has 1 amide bonds. The number of aromatic nitrogens is 2. The van der Waals surface area contributed by atoms with Gasteiger partial charge in [-0.2, -0.15) is 5.10 Å². The number of Topliss-reactive ketones (excluding diaryl/α,β-unsaturated/α-hetero) is 1. The maximum atomic E-state index is 12.7. The van der Waals surface area contributed by atoms with Crippen LogP contribution in [0.5, 0.6) is 0 Å². The molecule has 25 heavy (non-hydrogen) atoms. The largest absolute Gasteiger partial charge is 0.376 e. The Morgan fingerprint density at radius 3 is 2.64 bits per heavy atom. The monoisotopic (exact) mass is 341 g/mol. The van der Waals surface area contributed by atoms with Crippen LogP contribution in [-0.4, -0.2) is 40.2 Å². The van der Waals surface area contributed by atoms with E-state index in [9.17, 15) is 9.59 Å². The van der Waals surface area contributed by atoms with Gasteiger partial charge in [-0.25, -0.2) is 4.68 Å². The molecule has 0 saturated carbocycles. The highest BCUT2D eigenvalue weighted by molar-refractivity contribution is 6.43. The van der Waals surface area contributed by atoms with Gasteiger partial charge in [0.15, 0.2) is 0 Å². The fourth-order valence-corrected chi connectivity index (χ4v) is 3.27. The lowest BCUT2D eigenvalue weighted by Crippen LogP contribution is -2.44. The van der Waals surface area contributed by atoms with Gasteiger partial charge < -0.3 is 10.1 Å². The number of ether oxygens (including phenoxy) is 1. The first-order valence-electron chi connectivity index (χ1n) is 8.57. The number of rotatable bonds is 5. The molecule has 0 aliphatic carbocycles. The number of carbonyl (C=O) groups is 2. The zero-order chi connectivity index (χ0) is 18.0. The number of ketones is 1. The van der Waals surface area contributed by atoms with E-state index in [1.54, 1.807) is 18.5 Å². The minimum Gasteiger partial charge on any atom is -0.376 e. The normalized spacial score (nSPS) is 18.1. The van der Waals surface area contributed by atoms with Crippen LogP contribution in [0.2, 0.25) is 0 Å². The number of hydrogen-bond donors (Lipinski definition) is 1. The van der Waals surface area contributed by atoms with Crippen molar-refractivity contribution in [3.63, 3.8) is 0 Å². The molecule has 6 nitrogen and oxygen atoms in total. The van der Waals surface area contributed by atoms with E-state index in [0.717, 1.165) is 18.5 Å². The van der Waals surface area contributed by atoms with E-state index in [-0.39, 0.29) is 12.1 Å². The van der Waals surface area contributed by atoms with E-state index in [1.165, 1.54) is 0 Å². The van der Waals surface area contributed by atoms with Gasteiger partial charge in [0.25, 0.3) is 11.7 Å². The van der Waals surface area contributed by atoms with E-state index in [1.807, 2.05) is 37.3 Å². The highest BCUT2D eigenvalue weighted by atomic mass is 16.5. The highest BCUT2D eigenvalue weighted by Crippen LogP contribution is 2.19. The van der Waals surface area contributed by atoms with Crippen molar-refractivity contribution in [3.05, 3.63) is 47.3 Å². The molecule has 1 aromatic carbocycles. The molecule has 1 saturated heterocycles. The van der Waals surface area contributed by atoms with Gasteiger partial charge in [0.05, 0.1) is 34.8 Å². The molecule has 2 aromatic rings. The van der Waals surface area contributed by atoms with E-state index in [0.29, 0.717) is 23.6 Å². The summed E-state index contributed by atoms with van der Waals surface area (Å²) >= 11 is 0. The molecule has 2 atom stereocenters. The second kappa shape index (κ2) is 7.19. The topological polar surface area (TPSA) is 73.2 Å². The first-order chi connectivity index (χ1) is 12.0. The highest BCUT2D eigenvalue weighted by Gasteiger charge is 2.29. The van der Waals surface area contributed by atoms with Gasteiger partial charge in [-0.3, -0.25) is 9.59 Å². The quantitative estimate of drug-likeness (QED) is 0.669. The molecule has 0 spiro atoms. The van der Waals surface area contributed by atoms with E-state index < -0.39 is 11.7 Å². The number of aryl methyl sites for hydroxylation is 1. The fraction of sp³-hybridized carbons (Fsp3) is 0.421. The SMILES string of the molecule is Cc1nn(-c2ccccc2)c(C)c1C(=O)C(=O)NC(C)C1CCCO1. The van der Waals surface area contributed by atoms with Crippen LogP contribution in [0.25, 0.3) is 5.69 Å². The van der Waals surface area contributed by atoms with Gasteiger partial charge in [-0.1, -0.05) is 18.2 Å². The van der Waals surface area contributed by atoms with Crippen LogP contribution in [0.3, 0.4) is 0 Å². The zero-order valence-electron chi connectivity index (χ0n) is 14.8. The second-order valence-electron chi connectivity index (χ2n) is 6.44. The average molecular weight is 341 g/mol. The predicted octanol–water partition coefficient (Wildman–Crippen LogP) is 2.36. The summed E-state index contributed by atoms with van der Waals surface area (Å²) in [5.74, 6) is -1.16. The van der Waals surface area contributed by atoms with Crippen molar-refractivity contribution >= 4 is 11.7 Å². The molecule has 1 aliphatic heterocycles. The molecule has 3 rings (SSSR count). The maximum Gasteiger partial charge on any atom is 0.292 e. The van der Waals surface area contributed by atoms with Crippen LogP contribution in [0.15, 0.2) is 30.3 Å². The molecule has 132 valence electrons. The standard InChI is InChI=1S/C19H23N3O3/c1-12(16-10-7-11-25-16)20-19(24)18(23)17-13(2)21-22(14(17)3)15-8-5-4-6-9-15/h4-6,8-9,12,16H,7,10-11H2,1-3H3,(H,20,24). The lowest BCUT2D eigenvalue weighted by atomic mass is 10.1. The number of para-hydroxylation sites is 1. The summed E-state index contributed by atoms with van der Waals surface area (Å²) in [5.41, 5.74) is 2.43. The molecule has 1 N–H and O–H groups in total. The third-order valence-electron chi connectivity index (χ3n) is 4.61. The smallest absolute Gasteiger partial charge is 0.292 e. The Balaban J connectivity index is 1.80. The Bertz CT molecular complexity index is 777. The summed E-state index contributed by atoms with van der Waals surface area (Å²) in [4.78, 5) is 25.1. The summed E-state index contributed by atoms with van der Waals surface area (Å²) < 4.78 is 7.26. The van der Waals surface area contributed by atoms with Gasteiger partial charge in [0, 0.05) is 6.61 Å². The van der Waals surface area contributed by atoms with Crippen LogP contribution in [-0.2, 0) is 9.53 Å². The summed E-state index contributed by atoms with van der Waals surface area (Å²) in [5, 5.41) is 7.20. The number of hydrogen-bond acceptors (Lipinski definition) is 4. The van der Waals surface area contributed by atoms with Crippen molar-refractivity contribution in [2.75, 3.05) is 6.61 Å². The molecule has 1 fully saturated rings. The molecule has 2 heterocycles. The Labute approximate surface area is 147 Å². The first-order valence-corrected chi connectivity index (χ1v) is 8.57. The number of amides is 1. The van der Waals surface area contributed by atoms with Crippen molar-refractivity contribution in [1.82, 2.24) is 15.1 Å². The minimum absolute atomic E-state index is 0.0222. The van der Waals surface area contributed by atoms with Crippen LogP contribution < -0.4 is 5.32 Å². The van der Waals surface area contributed by atoms with E-state index in [4.69, 9.17) is 4.74 Å². The van der Waals surface area contributed by atoms with Crippen molar-refractivity contribution in [2.24, 2.45) is 0 Å². The predicted molar refractivity (Wildman–Crippen MR) is 93.9 cm³/mol. The van der Waals surface area contributed by atoms with Gasteiger partial charge >= 0.3 is 0 Å². The molecule has 2 unspecified atom stereocenters. The average Bonchev–Trinajstić information content (AvgIpc) is 3.23. The summed E-state index contributed by atoms with van der Waals surface area (Å²) in [6.07, 6.45) is 1.87. The van der Waals surface area contributed by atoms with Gasteiger partial charge in [0.2, 0.25) is 0 Å². The van der Waals surface area contributed by atoms with Gasteiger partial charge in [0.1, 0.15) is 0 Å². The molecule has 1 aromatic heterocycles. The Kier molecular flexibility index (Phi) is 4.99. The molecular formula is C19H23N3O3.